The Kier molecular flexibility index (Phi) is 3.82. The number of anilines is 1. The first-order valence-electron chi connectivity index (χ1n) is 10.2. The minimum Gasteiger partial charge on any atom is -0.329 e. The molecular formula is C23H19N5O2S. The predicted octanol–water partition coefficient (Wildman–Crippen LogP) is 3.58. The van der Waals surface area contributed by atoms with Crippen molar-refractivity contribution in [2.75, 3.05) is 11.9 Å². The lowest BCUT2D eigenvalue weighted by atomic mass is 9.73. The molecule has 2 aliphatic rings. The number of pyridine rings is 1. The van der Waals surface area contributed by atoms with E-state index in [2.05, 4.69) is 15.3 Å². The van der Waals surface area contributed by atoms with Crippen LogP contribution in [0.2, 0.25) is 0 Å². The third kappa shape index (κ3) is 2.39. The molecular weight excluding hydrogens is 410 g/mol. The SMILES string of the molecule is Cc1nc2sccn2c1C(=O)N1CCC2(C(=O)Nc3ccccc32)C1c1cccnc1. The highest BCUT2D eigenvalue weighted by Crippen LogP contribution is 2.54. The number of para-hydroxylation sites is 1. The molecule has 31 heavy (non-hydrogen) atoms. The summed E-state index contributed by atoms with van der Waals surface area (Å²) in [6.45, 7) is 2.33. The molecule has 1 fully saturated rings. The molecule has 1 spiro atoms. The Morgan fingerprint density at radius 3 is 2.97 bits per heavy atom. The maximum atomic E-state index is 13.9. The van der Waals surface area contributed by atoms with Gasteiger partial charge in [0.25, 0.3) is 5.91 Å². The first kappa shape index (κ1) is 18.3. The monoisotopic (exact) mass is 429 g/mol. The standard InChI is InChI=1S/C23H19N5O2S/c1-14-18(27-11-12-31-22(27)25-14)20(29)28-10-8-23(19(28)15-5-4-9-24-13-15)16-6-2-3-7-17(16)26-21(23)30/h2-7,9,11-13,19H,8,10H2,1H3,(H,26,30). The van der Waals surface area contributed by atoms with E-state index in [1.165, 1.54) is 11.3 Å². The molecule has 2 atom stereocenters. The molecule has 5 heterocycles. The summed E-state index contributed by atoms with van der Waals surface area (Å²) < 4.78 is 1.84. The number of aryl methyl sites for hydroxylation is 1. The lowest BCUT2D eigenvalue weighted by Crippen LogP contribution is -2.43. The van der Waals surface area contributed by atoms with Crippen LogP contribution in [0.4, 0.5) is 5.69 Å². The van der Waals surface area contributed by atoms with Crippen LogP contribution in [0.1, 0.15) is 39.8 Å². The van der Waals surface area contributed by atoms with Crippen molar-refractivity contribution in [1.29, 1.82) is 0 Å². The van der Waals surface area contributed by atoms with Crippen molar-refractivity contribution in [3.8, 4) is 0 Å². The predicted molar refractivity (Wildman–Crippen MR) is 117 cm³/mol. The van der Waals surface area contributed by atoms with Gasteiger partial charge in [0.15, 0.2) is 4.96 Å². The maximum Gasteiger partial charge on any atom is 0.273 e. The van der Waals surface area contributed by atoms with Gasteiger partial charge in [-0.3, -0.25) is 19.0 Å². The molecule has 2 unspecified atom stereocenters. The smallest absolute Gasteiger partial charge is 0.273 e. The molecule has 2 aliphatic heterocycles. The van der Waals surface area contributed by atoms with Crippen LogP contribution in [-0.4, -0.2) is 37.6 Å². The van der Waals surface area contributed by atoms with E-state index in [4.69, 9.17) is 0 Å². The Hall–Kier alpha value is -3.52. The molecule has 8 heteroatoms. The molecule has 1 N–H and O–H groups in total. The van der Waals surface area contributed by atoms with Gasteiger partial charge in [-0.05, 0) is 36.6 Å². The molecule has 1 aromatic carbocycles. The molecule has 0 radical (unpaired) electrons. The fourth-order valence-electron chi connectivity index (χ4n) is 5.19. The molecule has 1 saturated heterocycles. The number of rotatable bonds is 2. The largest absolute Gasteiger partial charge is 0.329 e. The quantitative estimate of drug-likeness (QED) is 0.528. The molecule has 0 bridgehead atoms. The molecule has 2 amide bonds. The van der Waals surface area contributed by atoms with Crippen LogP contribution in [0.15, 0.2) is 60.4 Å². The summed E-state index contributed by atoms with van der Waals surface area (Å²) in [5.41, 5.74) is 3.00. The second-order valence-corrected chi connectivity index (χ2v) is 8.88. The van der Waals surface area contributed by atoms with Gasteiger partial charge in [-0.2, -0.15) is 0 Å². The number of amides is 2. The van der Waals surface area contributed by atoms with E-state index in [0.717, 1.165) is 21.8 Å². The van der Waals surface area contributed by atoms with E-state index in [0.29, 0.717) is 24.4 Å². The number of fused-ring (bicyclic) bond motifs is 3. The summed E-state index contributed by atoms with van der Waals surface area (Å²) in [6.07, 6.45) is 5.88. The van der Waals surface area contributed by atoms with E-state index in [-0.39, 0.29) is 11.8 Å². The molecule has 4 aromatic rings. The van der Waals surface area contributed by atoms with Gasteiger partial charge >= 0.3 is 0 Å². The summed E-state index contributed by atoms with van der Waals surface area (Å²) in [6, 6.07) is 11.1. The number of hydrogen-bond acceptors (Lipinski definition) is 5. The molecule has 3 aromatic heterocycles. The van der Waals surface area contributed by atoms with E-state index in [9.17, 15) is 9.59 Å². The van der Waals surface area contributed by atoms with Gasteiger partial charge < -0.3 is 10.2 Å². The summed E-state index contributed by atoms with van der Waals surface area (Å²) in [5.74, 6) is -0.185. The minimum absolute atomic E-state index is 0.0662. The fourth-order valence-corrected chi connectivity index (χ4v) is 5.95. The van der Waals surface area contributed by atoms with Crippen LogP contribution in [0.5, 0.6) is 0 Å². The zero-order valence-electron chi connectivity index (χ0n) is 16.8. The highest BCUT2D eigenvalue weighted by molar-refractivity contribution is 7.15. The Morgan fingerprint density at radius 2 is 2.13 bits per heavy atom. The minimum atomic E-state index is -0.846. The topological polar surface area (TPSA) is 79.6 Å². The average Bonchev–Trinajstić information content (AvgIpc) is 3.52. The summed E-state index contributed by atoms with van der Waals surface area (Å²) in [5, 5.41) is 4.97. The van der Waals surface area contributed by atoms with Gasteiger partial charge in [0.1, 0.15) is 11.1 Å². The van der Waals surface area contributed by atoms with E-state index in [1.54, 1.807) is 12.4 Å². The van der Waals surface area contributed by atoms with Crippen molar-refractivity contribution in [3.63, 3.8) is 0 Å². The second kappa shape index (κ2) is 6.49. The van der Waals surface area contributed by atoms with Gasteiger partial charge in [0.05, 0.1) is 11.7 Å². The number of likely N-dealkylation sites (tertiary alicyclic amines) is 1. The lowest BCUT2D eigenvalue weighted by molar-refractivity contribution is -0.121. The van der Waals surface area contributed by atoms with Crippen molar-refractivity contribution in [3.05, 3.63) is 82.9 Å². The summed E-state index contributed by atoms with van der Waals surface area (Å²) in [4.78, 5) is 38.8. The zero-order valence-corrected chi connectivity index (χ0v) is 17.6. The molecule has 6 rings (SSSR count). The number of thiazole rings is 1. The fraction of sp³-hybridized carbons (Fsp3) is 0.217. The third-order valence-corrected chi connectivity index (χ3v) is 7.24. The summed E-state index contributed by atoms with van der Waals surface area (Å²) in [7, 11) is 0. The number of benzene rings is 1. The number of imidazole rings is 1. The number of carbonyl (C=O) groups excluding carboxylic acids is 2. The van der Waals surface area contributed by atoms with Gasteiger partial charge in [-0.25, -0.2) is 4.98 Å². The first-order valence-corrected chi connectivity index (χ1v) is 11.0. The van der Waals surface area contributed by atoms with Crippen LogP contribution in [0, 0.1) is 6.92 Å². The normalized spacial score (nSPS) is 22.3. The van der Waals surface area contributed by atoms with Crippen LogP contribution < -0.4 is 5.32 Å². The number of nitrogens with one attached hydrogen (secondary N) is 1. The Balaban J connectivity index is 1.54. The Bertz CT molecular complexity index is 1340. The number of nitrogens with zero attached hydrogens (tertiary/aromatic N) is 4. The van der Waals surface area contributed by atoms with Gasteiger partial charge in [-0.15, -0.1) is 11.3 Å². The van der Waals surface area contributed by atoms with E-state index >= 15 is 0 Å². The van der Waals surface area contributed by atoms with Crippen LogP contribution in [-0.2, 0) is 10.2 Å². The van der Waals surface area contributed by atoms with Crippen molar-refractivity contribution < 1.29 is 9.59 Å². The third-order valence-electron chi connectivity index (χ3n) is 6.49. The van der Waals surface area contributed by atoms with Crippen LogP contribution in [0.25, 0.3) is 4.96 Å². The first-order chi connectivity index (χ1) is 15.1. The maximum absolute atomic E-state index is 13.9. The van der Waals surface area contributed by atoms with Gasteiger partial charge in [-0.1, -0.05) is 24.3 Å². The molecule has 0 aliphatic carbocycles. The van der Waals surface area contributed by atoms with E-state index < -0.39 is 11.5 Å². The van der Waals surface area contributed by atoms with Gasteiger partial charge in [0, 0.05) is 36.2 Å². The molecule has 0 saturated carbocycles. The van der Waals surface area contributed by atoms with Gasteiger partial charge in [0.2, 0.25) is 5.91 Å². The Labute approximate surface area is 182 Å². The Morgan fingerprint density at radius 1 is 1.26 bits per heavy atom. The summed E-state index contributed by atoms with van der Waals surface area (Å²) >= 11 is 1.50. The number of carbonyl (C=O) groups is 2. The highest BCUT2D eigenvalue weighted by Gasteiger charge is 2.59. The van der Waals surface area contributed by atoms with Crippen molar-refractivity contribution >= 4 is 33.8 Å². The van der Waals surface area contributed by atoms with Crippen LogP contribution >= 0.6 is 11.3 Å². The molecule has 154 valence electrons. The van der Waals surface area contributed by atoms with Crippen LogP contribution in [0.3, 0.4) is 0 Å². The van der Waals surface area contributed by atoms with Crippen molar-refractivity contribution in [1.82, 2.24) is 19.3 Å². The average molecular weight is 430 g/mol. The van der Waals surface area contributed by atoms with E-state index in [1.807, 2.05) is 64.2 Å². The zero-order chi connectivity index (χ0) is 21.2. The number of aromatic nitrogens is 3. The molecule has 7 nitrogen and oxygen atoms in total. The lowest BCUT2D eigenvalue weighted by Gasteiger charge is -2.34. The number of hydrogen-bond donors (Lipinski definition) is 1. The van der Waals surface area contributed by atoms with Crippen molar-refractivity contribution in [2.24, 2.45) is 0 Å². The second-order valence-electron chi connectivity index (χ2n) is 8.01. The highest BCUT2D eigenvalue weighted by atomic mass is 32.1. The van der Waals surface area contributed by atoms with Crippen molar-refractivity contribution in [2.45, 2.75) is 24.8 Å².